The number of pyridine rings is 1. The first kappa shape index (κ1) is 19.8. The Bertz CT molecular complexity index is 1170. The van der Waals surface area contributed by atoms with Gasteiger partial charge in [-0.3, -0.25) is 9.59 Å². The number of benzene rings is 1. The van der Waals surface area contributed by atoms with E-state index in [9.17, 15) is 19.5 Å². The molecule has 0 radical (unpaired) electrons. The summed E-state index contributed by atoms with van der Waals surface area (Å²) in [5.41, 5.74) is 2.83. The molecule has 0 amide bonds. The lowest BCUT2D eigenvalue weighted by Crippen LogP contribution is -2.65. The average Bonchev–Trinajstić information content (AvgIpc) is 2.69. The van der Waals surface area contributed by atoms with Gasteiger partial charge in [-0.05, 0) is 36.5 Å². The van der Waals surface area contributed by atoms with Crippen LogP contribution in [0.5, 0.6) is 5.75 Å². The third kappa shape index (κ3) is 2.82. The number of carbonyl (C=O) groups is 2. The molecule has 3 heterocycles. The van der Waals surface area contributed by atoms with E-state index in [1.54, 1.807) is 7.11 Å². The number of hydrogen-bond donors (Lipinski definition) is 1. The zero-order chi connectivity index (χ0) is 22.1. The molecule has 1 spiro atoms. The number of fused-ring (bicyclic) bond motifs is 3. The third-order valence-electron chi connectivity index (χ3n) is 7.30. The van der Waals surface area contributed by atoms with Gasteiger partial charge in [0.25, 0.3) is 0 Å². The maximum atomic E-state index is 12.5. The first-order chi connectivity index (χ1) is 14.7. The number of methoxy groups -OCH3 is 1. The summed E-state index contributed by atoms with van der Waals surface area (Å²) in [6.45, 7) is 5.66. The van der Waals surface area contributed by atoms with Crippen molar-refractivity contribution < 1.29 is 19.4 Å². The Hall–Kier alpha value is -3.09. The lowest BCUT2D eigenvalue weighted by atomic mass is 9.62. The lowest BCUT2D eigenvalue weighted by molar-refractivity contribution is -0.140. The van der Waals surface area contributed by atoms with E-state index in [-0.39, 0.29) is 22.9 Å². The van der Waals surface area contributed by atoms with Gasteiger partial charge in [0.1, 0.15) is 17.1 Å². The maximum absolute atomic E-state index is 12.5. The fraction of sp³-hybridized carbons (Fsp3) is 0.458. The monoisotopic (exact) mass is 422 g/mol. The highest BCUT2D eigenvalue weighted by molar-refractivity contribution is 5.94. The zero-order valence-corrected chi connectivity index (χ0v) is 18.0. The second-order valence-corrected chi connectivity index (χ2v) is 9.41. The molecule has 162 valence electrons. The van der Waals surface area contributed by atoms with E-state index >= 15 is 0 Å². The number of aromatic carboxylic acids is 1. The van der Waals surface area contributed by atoms with Gasteiger partial charge < -0.3 is 19.3 Å². The Balaban J connectivity index is 1.61. The Labute approximate surface area is 180 Å². The number of nitrogens with zero attached hydrogens (tertiary/aromatic N) is 2. The Kier molecular flexibility index (Phi) is 4.29. The van der Waals surface area contributed by atoms with Crippen molar-refractivity contribution in [3.63, 3.8) is 0 Å². The van der Waals surface area contributed by atoms with E-state index in [2.05, 4.69) is 24.8 Å². The molecule has 1 N–H and O–H groups in total. The van der Waals surface area contributed by atoms with Crippen molar-refractivity contribution in [2.75, 3.05) is 25.1 Å². The minimum Gasteiger partial charge on any atom is -0.495 e. The summed E-state index contributed by atoms with van der Waals surface area (Å²) in [5.74, 6) is 0.105. The summed E-state index contributed by atoms with van der Waals surface area (Å²) in [4.78, 5) is 38.2. The molecule has 1 saturated carbocycles. The highest BCUT2D eigenvalue weighted by atomic mass is 16.5. The minimum atomic E-state index is -1.21. The van der Waals surface area contributed by atoms with E-state index in [4.69, 9.17) is 4.74 Å². The van der Waals surface area contributed by atoms with E-state index in [0.29, 0.717) is 23.6 Å². The number of carboxylic acid groups (broad SMARTS) is 1. The molecular weight excluding hydrogens is 396 g/mol. The largest absolute Gasteiger partial charge is 0.495 e. The molecule has 1 saturated heterocycles. The van der Waals surface area contributed by atoms with Crippen molar-refractivity contribution >= 4 is 17.4 Å². The molecule has 3 aliphatic rings. The van der Waals surface area contributed by atoms with Gasteiger partial charge in [-0.15, -0.1) is 0 Å². The van der Waals surface area contributed by atoms with Crippen LogP contribution in [0.4, 0.5) is 5.69 Å². The minimum absolute atomic E-state index is 0.0402. The Morgan fingerprint density at radius 3 is 2.52 bits per heavy atom. The molecule has 2 aliphatic heterocycles. The summed E-state index contributed by atoms with van der Waals surface area (Å²) >= 11 is 0. The molecule has 5 rings (SSSR count). The highest BCUT2D eigenvalue weighted by Crippen LogP contribution is 2.50. The van der Waals surface area contributed by atoms with Crippen molar-refractivity contribution in [2.45, 2.75) is 39.2 Å². The molecule has 1 unspecified atom stereocenters. The number of Topliss-reactive ketones (excluding diaryl/α,β-unsaturated/α-hetero) is 1. The molecule has 1 aromatic heterocycles. The highest BCUT2D eigenvalue weighted by Gasteiger charge is 2.54. The van der Waals surface area contributed by atoms with Gasteiger partial charge >= 0.3 is 5.97 Å². The van der Waals surface area contributed by atoms with Crippen LogP contribution >= 0.6 is 0 Å². The molecule has 2 aromatic rings. The number of aromatic nitrogens is 1. The predicted molar refractivity (Wildman–Crippen MR) is 116 cm³/mol. The number of rotatable bonds is 4. The third-order valence-corrected chi connectivity index (χ3v) is 7.30. The molecule has 7 nitrogen and oxygen atoms in total. The molecule has 2 fully saturated rings. The van der Waals surface area contributed by atoms with Crippen LogP contribution in [-0.2, 0) is 11.2 Å². The van der Waals surface area contributed by atoms with Crippen LogP contribution in [0.2, 0.25) is 0 Å². The van der Waals surface area contributed by atoms with Crippen molar-refractivity contribution in [3.8, 4) is 17.0 Å². The van der Waals surface area contributed by atoms with Crippen LogP contribution in [0.15, 0.2) is 29.2 Å². The summed E-state index contributed by atoms with van der Waals surface area (Å²) in [6, 6.07) is 5.54. The summed E-state index contributed by atoms with van der Waals surface area (Å²) < 4.78 is 7.62. The summed E-state index contributed by atoms with van der Waals surface area (Å²) in [5, 5.41) is 9.42. The molecule has 1 aromatic carbocycles. The lowest BCUT2D eigenvalue weighted by Gasteiger charge is -2.55. The van der Waals surface area contributed by atoms with Gasteiger partial charge in [0.05, 0.1) is 23.9 Å². The number of anilines is 1. The fourth-order valence-corrected chi connectivity index (χ4v) is 5.28. The summed E-state index contributed by atoms with van der Waals surface area (Å²) in [7, 11) is 1.62. The van der Waals surface area contributed by atoms with Crippen LogP contribution in [-0.4, -0.2) is 41.6 Å². The Morgan fingerprint density at radius 2 is 1.97 bits per heavy atom. The normalized spacial score (nSPS) is 20.7. The number of carboxylic acids is 1. The molecule has 7 heteroatoms. The molecule has 1 aliphatic carbocycles. The van der Waals surface area contributed by atoms with Gasteiger partial charge in [-0.2, -0.15) is 0 Å². The van der Waals surface area contributed by atoms with Crippen LogP contribution in [0, 0.1) is 11.3 Å². The number of hydrogen-bond acceptors (Lipinski definition) is 5. The van der Waals surface area contributed by atoms with Crippen LogP contribution in [0.3, 0.4) is 0 Å². The van der Waals surface area contributed by atoms with E-state index in [0.717, 1.165) is 42.7 Å². The van der Waals surface area contributed by atoms with Crippen LogP contribution in [0.1, 0.15) is 48.7 Å². The smallest absolute Gasteiger partial charge is 0.341 e. The maximum Gasteiger partial charge on any atom is 0.341 e. The van der Waals surface area contributed by atoms with Gasteiger partial charge in [0.15, 0.2) is 5.43 Å². The molecule has 0 bridgehead atoms. The van der Waals surface area contributed by atoms with E-state index in [1.807, 2.05) is 10.6 Å². The predicted octanol–water partition coefficient (Wildman–Crippen LogP) is 3.14. The standard InChI is InChI=1S/C24H26N2O5/c1-13(2)17-6-14-7-19(25-11-24(12-25)5-4-22(24)28)21(31-3)8-15(14)18-9-20(27)16(23(29)30)10-26(17)18/h7-10,13,17H,4-6,11-12H2,1-3H3,(H,29,30). The topological polar surface area (TPSA) is 88.8 Å². The van der Waals surface area contributed by atoms with Crippen molar-refractivity contribution in [3.05, 3.63) is 45.7 Å². The number of carbonyl (C=O) groups excluding carboxylic acids is 1. The van der Waals surface area contributed by atoms with E-state index in [1.165, 1.54) is 12.3 Å². The average molecular weight is 422 g/mol. The summed E-state index contributed by atoms with van der Waals surface area (Å²) in [6.07, 6.45) is 3.87. The van der Waals surface area contributed by atoms with Gasteiger partial charge in [-0.25, -0.2) is 4.79 Å². The molecular formula is C24H26N2O5. The van der Waals surface area contributed by atoms with Crippen LogP contribution in [0.25, 0.3) is 11.3 Å². The first-order valence-corrected chi connectivity index (χ1v) is 10.7. The fourth-order valence-electron chi connectivity index (χ4n) is 5.28. The van der Waals surface area contributed by atoms with Crippen molar-refractivity contribution in [1.29, 1.82) is 0 Å². The van der Waals surface area contributed by atoms with Crippen LogP contribution < -0.4 is 15.1 Å². The van der Waals surface area contributed by atoms with Gasteiger partial charge in [0, 0.05) is 43.4 Å². The van der Waals surface area contributed by atoms with Gasteiger partial charge in [-0.1, -0.05) is 13.8 Å². The number of ketones is 1. The quantitative estimate of drug-likeness (QED) is 0.814. The van der Waals surface area contributed by atoms with Crippen molar-refractivity contribution in [1.82, 2.24) is 4.57 Å². The second kappa shape index (κ2) is 6.70. The van der Waals surface area contributed by atoms with Crippen molar-refractivity contribution in [2.24, 2.45) is 11.3 Å². The second-order valence-electron chi connectivity index (χ2n) is 9.41. The molecule has 1 atom stereocenters. The Morgan fingerprint density at radius 1 is 1.23 bits per heavy atom. The SMILES string of the molecule is COc1cc2c(cc1N1CC3(CCC3=O)C1)CC(C(C)C)n1cc(C(=O)O)c(=O)cc1-2. The van der Waals surface area contributed by atoms with Gasteiger partial charge in [0.2, 0.25) is 0 Å². The van der Waals surface area contributed by atoms with E-state index < -0.39 is 11.4 Å². The molecule has 31 heavy (non-hydrogen) atoms. The first-order valence-electron chi connectivity index (χ1n) is 10.7. The number of ether oxygens (including phenoxy) is 1. The zero-order valence-electron chi connectivity index (χ0n) is 18.0.